The average Bonchev–Trinajstić information content (AvgIpc) is 2.41. The zero-order valence-electron chi connectivity index (χ0n) is 12.0. The summed E-state index contributed by atoms with van der Waals surface area (Å²) in [4.78, 5) is 18.7. The third kappa shape index (κ3) is 3.30. The zero-order chi connectivity index (χ0) is 14.7. The van der Waals surface area contributed by atoms with E-state index in [4.69, 9.17) is 4.74 Å². The number of hydrogen-bond acceptors (Lipinski definition) is 4. The minimum absolute atomic E-state index is 0.0186. The molecule has 1 saturated heterocycles. The van der Waals surface area contributed by atoms with Gasteiger partial charge in [0.1, 0.15) is 11.9 Å². The summed E-state index contributed by atoms with van der Waals surface area (Å²) in [6.07, 6.45) is 1.77. The molecule has 1 amide bonds. The van der Waals surface area contributed by atoms with Crippen molar-refractivity contribution in [2.24, 2.45) is 0 Å². The highest BCUT2D eigenvalue weighted by molar-refractivity contribution is 9.10. The van der Waals surface area contributed by atoms with Gasteiger partial charge in [-0.2, -0.15) is 0 Å². The van der Waals surface area contributed by atoms with Crippen LogP contribution in [0.25, 0.3) is 0 Å². The van der Waals surface area contributed by atoms with E-state index in [0.29, 0.717) is 19.8 Å². The maximum atomic E-state index is 12.3. The molecular formula is C14H20BrN3O2. The normalized spacial score (nSPS) is 19.2. The Morgan fingerprint density at radius 3 is 3.05 bits per heavy atom. The van der Waals surface area contributed by atoms with E-state index in [1.165, 1.54) is 0 Å². The van der Waals surface area contributed by atoms with Crippen molar-refractivity contribution in [3.63, 3.8) is 0 Å². The van der Waals surface area contributed by atoms with Gasteiger partial charge in [0.2, 0.25) is 5.91 Å². The molecule has 1 aromatic heterocycles. The molecule has 1 fully saturated rings. The van der Waals surface area contributed by atoms with Gasteiger partial charge < -0.3 is 15.0 Å². The van der Waals surface area contributed by atoms with E-state index in [0.717, 1.165) is 15.9 Å². The average molecular weight is 342 g/mol. The molecule has 0 spiro atoms. The van der Waals surface area contributed by atoms with Crippen LogP contribution in [0.1, 0.15) is 19.4 Å². The third-order valence-corrected chi connectivity index (χ3v) is 4.18. The maximum Gasteiger partial charge on any atom is 0.245 e. The number of pyridine rings is 1. The van der Waals surface area contributed by atoms with Crippen molar-refractivity contribution in [1.29, 1.82) is 0 Å². The standard InChI is InChI=1S/C14H20BrN3O2/c1-9(2)17-14(19)11-8-20-7-6-18(11)13-12(15)10(3)4-5-16-13/h4-5,9,11H,6-8H2,1-3H3,(H,17,19). The first kappa shape index (κ1) is 15.3. The Kier molecular flexibility index (Phi) is 4.99. The molecule has 110 valence electrons. The second kappa shape index (κ2) is 6.54. The molecule has 0 saturated carbocycles. The zero-order valence-corrected chi connectivity index (χ0v) is 13.6. The number of hydrogen-bond donors (Lipinski definition) is 1. The van der Waals surface area contributed by atoms with Crippen molar-refractivity contribution >= 4 is 27.7 Å². The molecule has 0 radical (unpaired) electrons. The number of halogens is 1. The molecule has 1 aromatic rings. The quantitative estimate of drug-likeness (QED) is 0.911. The lowest BCUT2D eigenvalue weighted by Gasteiger charge is -2.36. The fourth-order valence-electron chi connectivity index (χ4n) is 2.18. The van der Waals surface area contributed by atoms with Gasteiger partial charge in [-0.25, -0.2) is 4.98 Å². The van der Waals surface area contributed by atoms with Gasteiger partial charge in [0.25, 0.3) is 0 Å². The monoisotopic (exact) mass is 341 g/mol. The lowest BCUT2D eigenvalue weighted by Crippen LogP contribution is -2.55. The molecule has 1 unspecified atom stereocenters. The molecule has 0 bridgehead atoms. The first-order valence-electron chi connectivity index (χ1n) is 6.76. The molecular weight excluding hydrogens is 322 g/mol. The Balaban J connectivity index is 2.27. The van der Waals surface area contributed by atoms with Crippen LogP contribution in [0.3, 0.4) is 0 Å². The predicted molar refractivity (Wildman–Crippen MR) is 81.9 cm³/mol. The van der Waals surface area contributed by atoms with Crippen molar-refractivity contribution < 1.29 is 9.53 Å². The van der Waals surface area contributed by atoms with Gasteiger partial charge in [0.15, 0.2) is 0 Å². The number of amides is 1. The minimum atomic E-state index is -0.336. The Bertz CT molecular complexity index is 493. The maximum absolute atomic E-state index is 12.3. The first-order chi connectivity index (χ1) is 9.50. The lowest BCUT2D eigenvalue weighted by atomic mass is 10.2. The van der Waals surface area contributed by atoms with Crippen LogP contribution in [0.15, 0.2) is 16.7 Å². The number of carbonyl (C=O) groups excluding carboxylic acids is 1. The number of aryl methyl sites for hydroxylation is 1. The lowest BCUT2D eigenvalue weighted by molar-refractivity contribution is -0.125. The van der Waals surface area contributed by atoms with Gasteiger partial charge in [0, 0.05) is 18.8 Å². The molecule has 0 aromatic carbocycles. The highest BCUT2D eigenvalue weighted by atomic mass is 79.9. The van der Waals surface area contributed by atoms with Gasteiger partial charge in [-0.15, -0.1) is 0 Å². The van der Waals surface area contributed by atoms with Crippen molar-refractivity contribution in [2.45, 2.75) is 32.9 Å². The Labute approximate surface area is 127 Å². The van der Waals surface area contributed by atoms with Gasteiger partial charge in [-0.3, -0.25) is 4.79 Å². The first-order valence-corrected chi connectivity index (χ1v) is 7.56. The number of carbonyl (C=O) groups is 1. The van der Waals surface area contributed by atoms with Crippen LogP contribution >= 0.6 is 15.9 Å². The second-order valence-corrected chi connectivity index (χ2v) is 6.01. The van der Waals surface area contributed by atoms with Gasteiger partial charge in [-0.1, -0.05) is 0 Å². The number of aromatic nitrogens is 1. The number of rotatable bonds is 3. The number of nitrogens with one attached hydrogen (secondary N) is 1. The molecule has 1 N–H and O–H groups in total. The number of anilines is 1. The van der Waals surface area contributed by atoms with Crippen molar-refractivity contribution in [3.05, 3.63) is 22.3 Å². The number of ether oxygens (including phenoxy) is 1. The molecule has 1 aliphatic rings. The van der Waals surface area contributed by atoms with Gasteiger partial charge in [0.05, 0.1) is 17.7 Å². The van der Waals surface area contributed by atoms with E-state index in [2.05, 4.69) is 26.2 Å². The van der Waals surface area contributed by atoms with Crippen molar-refractivity contribution in [2.75, 3.05) is 24.7 Å². The topological polar surface area (TPSA) is 54.5 Å². The summed E-state index contributed by atoms with van der Waals surface area (Å²) in [6.45, 7) is 7.57. The van der Waals surface area contributed by atoms with Gasteiger partial charge >= 0.3 is 0 Å². The van der Waals surface area contributed by atoms with E-state index < -0.39 is 0 Å². The predicted octanol–water partition coefficient (Wildman–Crippen LogP) is 1.88. The molecule has 2 rings (SSSR count). The van der Waals surface area contributed by atoms with Crippen LogP contribution in [0, 0.1) is 6.92 Å². The number of morpholine rings is 1. The van der Waals surface area contributed by atoms with E-state index in [1.54, 1.807) is 6.20 Å². The Morgan fingerprint density at radius 1 is 1.60 bits per heavy atom. The van der Waals surface area contributed by atoms with Crippen LogP contribution < -0.4 is 10.2 Å². The van der Waals surface area contributed by atoms with Crippen LogP contribution in [0.2, 0.25) is 0 Å². The van der Waals surface area contributed by atoms with Crippen molar-refractivity contribution in [1.82, 2.24) is 10.3 Å². The van der Waals surface area contributed by atoms with Crippen molar-refractivity contribution in [3.8, 4) is 0 Å². The summed E-state index contributed by atoms with van der Waals surface area (Å²) in [5.41, 5.74) is 1.10. The fourth-order valence-corrected chi connectivity index (χ4v) is 2.64. The molecule has 20 heavy (non-hydrogen) atoms. The molecule has 1 aliphatic heterocycles. The SMILES string of the molecule is Cc1ccnc(N2CCOCC2C(=O)NC(C)C)c1Br. The molecule has 5 nitrogen and oxygen atoms in total. The van der Waals surface area contributed by atoms with E-state index in [9.17, 15) is 4.79 Å². The van der Waals surface area contributed by atoms with Gasteiger partial charge in [-0.05, 0) is 48.3 Å². The van der Waals surface area contributed by atoms with E-state index in [-0.39, 0.29) is 18.0 Å². The Morgan fingerprint density at radius 2 is 2.35 bits per heavy atom. The highest BCUT2D eigenvalue weighted by Crippen LogP contribution is 2.29. The Hall–Kier alpha value is -1.14. The molecule has 1 atom stereocenters. The summed E-state index contributed by atoms with van der Waals surface area (Å²) in [5.74, 6) is 0.784. The summed E-state index contributed by atoms with van der Waals surface area (Å²) >= 11 is 3.57. The van der Waals surface area contributed by atoms with E-state index >= 15 is 0 Å². The fraction of sp³-hybridized carbons (Fsp3) is 0.571. The van der Waals surface area contributed by atoms with Crippen LogP contribution in [-0.4, -0.2) is 42.7 Å². The summed E-state index contributed by atoms with van der Waals surface area (Å²) in [6, 6.07) is 1.72. The minimum Gasteiger partial charge on any atom is -0.377 e. The molecule has 6 heteroatoms. The second-order valence-electron chi connectivity index (χ2n) is 5.21. The van der Waals surface area contributed by atoms with Crippen LogP contribution in [0.4, 0.5) is 5.82 Å². The number of nitrogens with zero attached hydrogens (tertiary/aromatic N) is 2. The summed E-state index contributed by atoms with van der Waals surface area (Å²) in [5, 5.41) is 2.94. The largest absolute Gasteiger partial charge is 0.377 e. The van der Waals surface area contributed by atoms with Crippen LogP contribution in [-0.2, 0) is 9.53 Å². The molecule has 2 heterocycles. The third-order valence-electron chi connectivity index (χ3n) is 3.20. The molecule has 0 aliphatic carbocycles. The van der Waals surface area contributed by atoms with E-state index in [1.807, 2.05) is 31.7 Å². The smallest absolute Gasteiger partial charge is 0.245 e. The summed E-state index contributed by atoms with van der Waals surface area (Å²) in [7, 11) is 0. The summed E-state index contributed by atoms with van der Waals surface area (Å²) < 4.78 is 6.40. The highest BCUT2D eigenvalue weighted by Gasteiger charge is 2.31. The van der Waals surface area contributed by atoms with Crippen LogP contribution in [0.5, 0.6) is 0 Å².